The third kappa shape index (κ3) is 4.21. The van der Waals surface area contributed by atoms with Gasteiger partial charge in [0.2, 0.25) is 5.91 Å². The molecule has 1 amide bonds. The van der Waals surface area contributed by atoms with E-state index in [2.05, 4.69) is 35.8 Å². The summed E-state index contributed by atoms with van der Waals surface area (Å²) in [5.74, 6) is 0.254. The zero-order chi connectivity index (χ0) is 16.1. The Morgan fingerprint density at radius 1 is 1.26 bits per heavy atom. The van der Waals surface area contributed by atoms with Crippen molar-refractivity contribution in [2.24, 2.45) is 5.92 Å². The van der Waals surface area contributed by atoms with Crippen molar-refractivity contribution in [3.05, 3.63) is 57.8 Å². The third-order valence-electron chi connectivity index (χ3n) is 4.41. The van der Waals surface area contributed by atoms with Crippen molar-refractivity contribution in [2.75, 3.05) is 13.2 Å². The number of carbonyl (C=O) groups excluding carboxylic acids is 1. The second kappa shape index (κ2) is 7.75. The zero-order valence-electron chi connectivity index (χ0n) is 13.5. The summed E-state index contributed by atoms with van der Waals surface area (Å²) >= 11 is 1.73. The molecule has 1 saturated heterocycles. The molecule has 1 aliphatic heterocycles. The number of rotatable bonds is 5. The lowest BCUT2D eigenvalue weighted by atomic mass is 9.97. The Morgan fingerprint density at radius 3 is 2.65 bits per heavy atom. The van der Waals surface area contributed by atoms with Crippen molar-refractivity contribution in [1.82, 2.24) is 5.32 Å². The molecule has 3 nitrogen and oxygen atoms in total. The highest BCUT2D eigenvalue weighted by Crippen LogP contribution is 2.28. The molecule has 0 aliphatic carbocycles. The lowest BCUT2D eigenvalue weighted by Gasteiger charge is -2.25. The van der Waals surface area contributed by atoms with Crippen LogP contribution in [0, 0.1) is 12.8 Å². The molecule has 2 aromatic rings. The Labute approximate surface area is 141 Å². The molecule has 3 rings (SSSR count). The molecule has 0 spiro atoms. The SMILES string of the molecule is Cc1ccsc1C(Cc1ccccc1)NC(=O)C1CCOCC1. The van der Waals surface area contributed by atoms with E-state index < -0.39 is 0 Å². The second-order valence-corrected chi connectivity index (χ2v) is 7.05. The van der Waals surface area contributed by atoms with Crippen molar-refractivity contribution < 1.29 is 9.53 Å². The van der Waals surface area contributed by atoms with Crippen molar-refractivity contribution in [3.8, 4) is 0 Å². The van der Waals surface area contributed by atoms with Crippen LogP contribution in [0.15, 0.2) is 41.8 Å². The van der Waals surface area contributed by atoms with Gasteiger partial charge in [0.25, 0.3) is 0 Å². The second-order valence-electron chi connectivity index (χ2n) is 6.11. The Kier molecular flexibility index (Phi) is 5.47. The molecule has 122 valence electrons. The maximum absolute atomic E-state index is 12.6. The first-order chi connectivity index (χ1) is 11.2. The largest absolute Gasteiger partial charge is 0.381 e. The maximum Gasteiger partial charge on any atom is 0.223 e. The van der Waals surface area contributed by atoms with Gasteiger partial charge in [0.15, 0.2) is 0 Å². The molecular weight excluding hydrogens is 306 g/mol. The molecule has 23 heavy (non-hydrogen) atoms. The van der Waals surface area contributed by atoms with Gasteiger partial charge >= 0.3 is 0 Å². The lowest BCUT2D eigenvalue weighted by Crippen LogP contribution is -2.37. The number of aryl methyl sites for hydroxylation is 1. The molecule has 0 radical (unpaired) electrons. The van der Waals surface area contributed by atoms with Crippen LogP contribution < -0.4 is 5.32 Å². The summed E-state index contributed by atoms with van der Waals surface area (Å²) in [6.45, 7) is 3.50. The molecule has 1 fully saturated rings. The molecule has 1 aromatic carbocycles. The molecule has 1 N–H and O–H groups in total. The number of hydrogen-bond donors (Lipinski definition) is 1. The van der Waals surface area contributed by atoms with Crippen LogP contribution in [0.3, 0.4) is 0 Å². The van der Waals surface area contributed by atoms with E-state index in [1.54, 1.807) is 11.3 Å². The number of amides is 1. The van der Waals surface area contributed by atoms with E-state index in [-0.39, 0.29) is 17.9 Å². The highest BCUT2D eigenvalue weighted by atomic mass is 32.1. The average Bonchev–Trinajstić information content (AvgIpc) is 3.02. The van der Waals surface area contributed by atoms with Gasteiger partial charge in [-0.25, -0.2) is 0 Å². The Balaban J connectivity index is 1.75. The highest BCUT2D eigenvalue weighted by molar-refractivity contribution is 7.10. The van der Waals surface area contributed by atoms with Gasteiger partial charge in [0, 0.05) is 24.0 Å². The van der Waals surface area contributed by atoms with Crippen molar-refractivity contribution in [1.29, 1.82) is 0 Å². The van der Waals surface area contributed by atoms with Crippen LogP contribution in [-0.2, 0) is 16.0 Å². The summed E-state index contributed by atoms with van der Waals surface area (Å²) in [5.41, 5.74) is 2.50. The molecule has 1 aromatic heterocycles. The molecule has 4 heteroatoms. The van der Waals surface area contributed by atoms with Crippen molar-refractivity contribution >= 4 is 17.2 Å². The highest BCUT2D eigenvalue weighted by Gasteiger charge is 2.25. The summed E-state index contributed by atoms with van der Waals surface area (Å²) in [6, 6.07) is 12.5. The van der Waals surface area contributed by atoms with E-state index >= 15 is 0 Å². The molecular formula is C19H23NO2S. The monoisotopic (exact) mass is 329 g/mol. The molecule has 0 saturated carbocycles. The van der Waals surface area contributed by atoms with Crippen LogP contribution in [0.1, 0.15) is 34.9 Å². The van der Waals surface area contributed by atoms with Crippen molar-refractivity contribution in [2.45, 2.75) is 32.2 Å². The van der Waals surface area contributed by atoms with Gasteiger partial charge in [0.05, 0.1) is 6.04 Å². The lowest BCUT2D eigenvalue weighted by molar-refractivity contribution is -0.128. The third-order valence-corrected chi connectivity index (χ3v) is 5.54. The maximum atomic E-state index is 12.6. The molecule has 1 aliphatic rings. The Morgan fingerprint density at radius 2 is 2.00 bits per heavy atom. The minimum absolute atomic E-state index is 0.0488. The summed E-state index contributed by atoms with van der Waals surface area (Å²) < 4.78 is 5.36. The molecule has 1 unspecified atom stereocenters. The normalized spacial score (nSPS) is 16.9. The van der Waals surface area contributed by atoms with Crippen LogP contribution in [0.2, 0.25) is 0 Å². The summed E-state index contributed by atoms with van der Waals surface area (Å²) in [7, 11) is 0. The van der Waals surface area contributed by atoms with Gasteiger partial charge in [-0.15, -0.1) is 11.3 Å². The van der Waals surface area contributed by atoms with Gasteiger partial charge in [-0.3, -0.25) is 4.79 Å². The summed E-state index contributed by atoms with van der Waals surface area (Å²) in [4.78, 5) is 13.9. The van der Waals surface area contributed by atoms with Crippen molar-refractivity contribution in [3.63, 3.8) is 0 Å². The number of nitrogens with one attached hydrogen (secondary N) is 1. The summed E-state index contributed by atoms with van der Waals surface area (Å²) in [5, 5.41) is 5.39. The number of thiophene rings is 1. The average molecular weight is 329 g/mol. The fraction of sp³-hybridized carbons (Fsp3) is 0.421. The summed E-state index contributed by atoms with van der Waals surface area (Å²) in [6.07, 6.45) is 2.48. The van der Waals surface area contributed by atoms with Gasteiger partial charge in [-0.1, -0.05) is 30.3 Å². The predicted octanol–water partition coefficient (Wildman–Crippen LogP) is 3.88. The fourth-order valence-electron chi connectivity index (χ4n) is 3.05. The van der Waals surface area contributed by atoms with Gasteiger partial charge in [-0.2, -0.15) is 0 Å². The Bertz CT molecular complexity index is 632. The van der Waals surface area contributed by atoms with Gasteiger partial charge in [0.1, 0.15) is 0 Å². The smallest absolute Gasteiger partial charge is 0.223 e. The number of hydrogen-bond acceptors (Lipinski definition) is 3. The minimum atomic E-state index is 0.0488. The quantitative estimate of drug-likeness (QED) is 0.904. The van der Waals surface area contributed by atoms with Crippen LogP contribution in [0.4, 0.5) is 0 Å². The number of carbonyl (C=O) groups is 1. The first kappa shape index (κ1) is 16.2. The predicted molar refractivity (Wildman–Crippen MR) is 93.6 cm³/mol. The first-order valence-corrected chi connectivity index (χ1v) is 9.08. The molecule has 1 atom stereocenters. The van der Waals surface area contributed by atoms with E-state index in [1.165, 1.54) is 16.0 Å². The van der Waals surface area contributed by atoms with E-state index in [4.69, 9.17) is 4.74 Å². The number of benzene rings is 1. The van der Waals surface area contributed by atoms with Crippen LogP contribution in [0.25, 0.3) is 0 Å². The van der Waals surface area contributed by atoms with E-state index in [0.717, 1.165) is 19.3 Å². The van der Waals surface area contributed by atoms with E-state index in [9.17, 15) is 4.79 Å². The van der Waals surface area contributed by atoms with Crippen LogP contribution in [-0.4, -0.2) is 19.1 Å². The molecule has 2 heterocycles. The molecule has 0 bridgehead atoms. The minimum Gasteiger partial charge on any atom is -0.381 e. The van der Waals surface area contributed by atoms with E-state index in [1.807, 2.05) is 18.2 Å². The van der Waals surface area contributed by atoms with E-state index in [0.29, 0.717) is 13.2 Å². The van der Waals surface area contributed by atoms with Gasteiger partial charge in [-0.05, 0) is 48.8 Å². The Hall–Kier alpha value is -1.65. The number of ether oxygens (including phenoxy) is 1. The van der Waals surface area contributed by atoms with Crippen LogP contribution >= 0.6 is 11.3 Å². The van der Waals surface area contributed by atoms with Crippen LogP contribution in [0.5, 0.6) is 0 Å². The zero-order valence-corrected chi connectivity index (χ0v) is 14.3. The van der Waals surface area contributed by atoms with Gasteiger partial charge < -0.3 is 10.1 Å². The topological polar surface area (TPSA) is 38.3 Å². The fourth-order valence-corrected chi connectivity index (χ4v) is 4.03. The first-order valence-electron chi connectivity index (χ1n) is 8.20. The standard InChI is InChI=1S/C19H23NO2S/c1-14-9-12-23-18(14)17(13-15-5-3-2-4-6-15)20-19(21)16-7-10-22-11-8-16/h2-6,9,12,16-17H,7-8,10-11,13H2,1H3,(H,20,21).